The minimum Gasteiger partial charge on any atom is -0.360 e. The van der Waals surface area contributed by atoms with Crippen LogP contribution in [-0.2, 0) is 0 Å². The number of aromatic amines is 1. The zero-order valence-corrected chi connectivity index (χ0v) is 16.2. The van der Waals surface area contributed by atoms with Gasteiger partial charge in [0.05, 0.1) is 10.9 Å². The molecular weight excluding hydrogens is 404 g/mol. The number of nitrogens with one attached hydrogen (secondary N) is 4. The Balaban J connectivity index is 1.80. The normalized spacial score (nSPS) is 11.7. The molecule has 160 valence electrons. The van der Waals surface area contributed by atoms with Gasteiger partial charge in [-0.3, -0.25) is 4.79 Å². The Bertz CT molecular complexity index is 1050. The van der Waals surface area contributed by atoms with Gasteiger partial charge >= 0.3 is 6.18 Å². The minimum absolute atomic E-state index is 0.0220. The van der Waals surface area contributed by atoms with Crippen molar-refractivity contribution in [3.05, 3.63) is 41.8 Å². The third-order valence-electron chi connectivity index (χ3n) is 4.01. The predicted octanol–water partition coefficient (Wildman–Crippen LogP) is 4.20. The number of nitrogens with zero attached hydrogens (tertiary/aromatic N) is 2. The molecule has 0 atom stereocenters. The summed E-state index contributed by atoms with van der Waals surface area (Å²) in [4.78, 5) is 23.1. The van der Waals surface area contributed by atoms with Crippen LogP contribution in [0.25, 0.3) is 11.0 Å². The van der Waals surface area contributed by atoms with Gasteiger partial charge in [0.1, 0.15) is 23.8 Å². The van der Waals surface area contributed by atoms with Gasteiger partial charge < -0.3 is 20.9 Å². The lowest BCUT2D eigenvalue weighted by Gasteiger charge is -2.12. The maximum absolute atomic E-state index is 14.4. The van der Waals surface area contributed by atoms with Gasteiger partial charge in [0.15, 0.2) is 0 Å². The summed E-state index contributed by atoms with van der Waals surface area (Å²) in [6, 6.07) is 5.40. The van der Waals surface area contributed by atoms with Crippen molar-refractivity contribution < 1.29 is 22.4 Å². The molecule has 1 amide bonds. The number of amides is 1. The van der Waals surface area contributed by atoms with E-state index in [0.717, 1.165) is 6.07 Å². The van der Waals surface area contributed by atoms with E-state index >= 15 is 0 Å². The third kappa shape index (κ3) is 5.37. The van der Waals surface area contributed by atoms with Crippen LogP contribution in [0.15, 0.2) is 30.5 Å². The van der Waals surface area contributed by atoms with Crippen molar-refractivity contribution in [3.8, 4) is 0 Å². The van der Waals surface area contributed by atoms with Crippen molar-refractivity contribution in [3.63, 3.8) is 0 Å². The molecule has 0 aliphatic heterocycles. The zero-order chi connectivity index (χ0) is 21.9. The largest absolute Gasteiger partial charge is 0.405 e. The summed E-state index contributed by atoms with van der Waals surface area (Å²) in [5, 5.41) is 7.99. The molecule has 0 fully saturated rings. The number of aromatic nitrogens is 3. The lowest BCUT2D eigenvalue weighted by molar-refractivity contribution is -0.115. The highest BCUT2D eigenvalue weighted by molar-refractivity contribution is 5.95. The van der Waals surface area contributed by atoms with Crippen molar-refractivity contribution in [1.29, 1.82) is 0 Å². The summed E-state index contributed by atoms with van der Waals surface area (Å²) < 4.78 is 52.0. The van der Waals surface area contributed by atoms with Crippen LogP contribution in [0.1, 0.15) is 24.2 Å². The standard InChI is InChI=1S/C19H20F4N6O/c1-10(2)8-25-17(30)12-4-3-11(7-14(12)20)27-18-28-15-13(5-6-24-15)16(29-18)26-9-19(21,22)23/h3-7,10H,8-9H2,1-2H3,(H,25,30)(H3,24,26,27,28,29). The number of alkyl halides is 3. The lowest BCUT2D eigenvalue weighted by atomic mass is 10.1. The number of halogens is 4. The predicted molar refractivity (Wildman–Crippen MR) is 105 cm³/mol. The summed E-state index contributed by atoms with van der Waals surface area (Å²) in [6.07, 6.45) is -2.90. The fourth-order valence-electron chi connectivity index (χ4n) is 2.61. The van der Waals surface area contributed by atoms with Crippen molar-refractivity contribution in [2.24, 2.45) is 5.92 Å². The molecule has 0 saturated carbocycles. The second kappa shape index (κ2) is 8.56. The fraction of sp³-hybridized carbons (Fsp3) is 0.316. The van der Waals surface area contributed by atoms with Gasteiger partial charge in [-0.25, -0.2) is 4.39 Å². The number of carbonyl (C=O) groups excluding carboxylic acids is 1. The van der Waals surface area contributed by atoms with Crippen LogP contribution in [0.4, 0.5) is 35.0 Å². The van der Waals surface area contributed by atoms with Crippen molar-refractivity contribution in [1.82, 2.24) is 20.3 Å². The summed E-state index contributed by atoms with van der Waals surface area (Å²) in [6.45, 7) is 2.99. The molecule has 0 bridgehead atoms. The molecule has 3 aromatic rings. The molecule has 1 aromatic carbocycles. The number of hydrogen-bond donors (Lipinski definition) is 4. The van der Waals surface area contributed by atoms with Crippen LogP contribution in [-0.4, -0.2) is 40.1 Å². The molecule has 0 spiro atoms. The van der Waals surface area contributed by atoms with E-state index in [9.17, 15) is 22.4 Å². The maximum Gasteiger partial charge on any atom is 0.405 e. The molecule has 2 heterocycles. The summed E-state index contributed by atoms with van der Waals surface area (Å²) in [5.41, 5.74) is 0.428. The van der Waals surface area contributed by atoms with Gasteiger partial charge in [-0.05, 0) is 30.2 Å². The summed E-state index contributed by atoms with van der Waals surface area (Å²) >= 11 is 0. The monoisotopic (exact) mass is 424 g/mol. The quantitative estimate of drug-likeness (QED) is 0.427. The third-order valence-corrected chi connectivity index (χ3v) is 4.01. The first-order chi connectivity index (χ1) is 14.1. The maximum atomic E-state index is 14.4. The number of anilines is 3. The van der Waals surface area contributed by atoms with Gasteiger partial charge in [-0.2, -0.15) is 23.1 Å². The highest BCUT2D eigenvalue weighted by Gasteiger charge is 2.27. The van der Waals surface area contributed by atoms with Crippen LogP contribution in [0, 0.1) is 11.7 Å². The van der Waals surface area contributed by atoms with Crippen molar-refractivity contribution in [2.75, 3.05) is 23.7 Å². The molecule has 0 aliphatic rings. The van der Waals surface area contributed by atoms with Crippen molar-refractivity contribution in [2.45, 2.75) is 20.0 Å². The first kappa shape index (κ1) is 21.3. The topological polar surface area (TPSA) is 94.7 Å². The number of carbonyl (C=O) groups is 1. The number of rotatable bonds is 7. The Hall–Kier alpha value is -3.37. The average Bonchev–Trinajstić information content (AvgIpc) is 3.12. The smallest absolute Gasteiger partial charge is 0.360 e. The molecule has 7 nitrogen and oxygen atoms in total. The summed E-state index contributed by atoms with van der Waals surface area (Å²) in [5.74, 6) is -1.12. The fourth-order valence-corrected chi connectivity index (χ4v) is 2.61. The Kier molecular flexibility index (Phi) is 6.09. The Morgan fingerprint density at radius 1 is 1.20 bits per heavy atom. The van der Waals surface area contributed by atoms with E-state index in [1.807, 2.05) is 13.8 Å². The second-order valence-corrected chi connectivity index (χ2v) is 7.03. The molecule has 4 N–H and O–H groups in total. The van der Waals surface area contributed by atoms with Gasteiger partial charge in [0.25, 0.3) is 5.91 Å². The zero-order valence-electron chi connectivity index (χ0n) is 16.2. The highest BCUT2D eigenvalue weighted by atomic mass is 19.4. The van der Waals surface area contributed by atoms with E-state index < -0.39 is 24.4 Å². The van der Waals surface area contributed by atoms with Gasteiger partial charge in [-0.1, -0.05) is 13.8 Å². The molecule has 0 saturated heterocycles. The molecule has 0 radical (unpaired) electrons. The first-order valence-electron chi connectivity index (χ1n) is 9.13. The molecule has 0 aliphatic carbocycles. The van der Waals surface area contributed by atoms with Crippen LogP contribution >= 0.6 is 0 Å². The first-order valence-corrected chi connectivity index (χ1v) is 9.13. The SMILES string of the molecule is CC(C)CNC(=O)c1ccc(Nc2nc(NCC(F)(F)F)c3cc[nH]c3n2)cc1F. The van der Waals surface area contributed by atoms with Crippen LogP contribution in [0.2, 0.25) is 0 Å². The molecule has 11 heteroatoms. The second-order valence-electron chi connectivity index (χ2n) is 7.03. The summed E-state index contributed by atoms with van der Waals surface area (Å²) in [7, 11) is 0. The number of hydrogen-bond acceptors (Lipinski definition) is 5. The van der Waals surface area contributed by atoms with Gasteiger partial charge in [0.2, 0.25) is 5.95 Å². The Morgan fingerprint density at radius 2 is 1.97 bits per heavy atom. The Labute approximate surface area is 169 Å². The lowest BCUT2D eigenvalue weighted by Crippen LogP contribution is -2.28. The van der Waals surface area contributed by atoms with E-state index in [0.29, 0.717) is 17.6 Å². The van der Waals surface area contributed by atoms with Gasteiger partial charge in [-0.15, -0.1) is 0 Å². The van der Waals surface area contributed by atoms with E-state index in [4.69, 9.17) is 0 Å². The number of fused-ring (bicyclic) bond motifs is 1. The molecular formula is C19H20F4N6O. The molecule has 3 rings (SSSR count). The highest BCUT2D eigenvalue weighted by Crippen LogP contribution is 2.25. The molecule has 0 unspecified atom stereocenters. The van der Waals surface area contributed by atoms with Crippen LogP contribution < -0.4 is 16.0 Å². The van der Waals surface area contributed by atoms with Crippen molar-refractivity contribution >= 4 is 34.4 Å². The van der Waals surface area contributed by atoms with E-state index in [1.165, 1.54) is 18.3 Å². The minimum atomic E-state index is -4.42. The van der Waals surface area contributed by atoms with E-state index in [-0.39, 0.29) is 28.9 Å². The Morgan fingerprint density at radius 3 is 2.63 bits per heavy atom. The molecule has 2 aromatic heterocycles. The van der Waals surface area contributed by atoms with Crippen LogP contribution in [0.3, 0.4) is 0 Å². The van der Waals surface area contributed by atoms with E-state index in [2.05, 4.69) is 30.9 Å². The van der Waals surface area contributed by atoms with E-state index in [1.54, 1.807) is 6.07 Å². The molecule has 30 heavy (non-hydrogen) atoms. The number of benzene rings is 1. The van der Waals surface area contributed by atoms with Gasteiger partial charge in [0, 0.05) is 18.4 Å². The number of H-pyrrole nitrogens is 1. The average molecular weight is 424 g/mol. The van der Waals surface area contributed by atoms with Crippen LogP contribution in [0.5, 0.6) is 0 Å².